The van der Waals surface area contributed by atoms with E-state index < -0.39 is 48.2 Å². The number of rotatable bonds is 7. The molecule has 1 aromatic rings. The predicted molar refractivity (Wildman–Crippen MR) is 117 cm³/mol. The fraction of sp³-hybridized carbons (Fsp3) is 0.429. The second kappa shape index (κ2) is 10.5. The van der Waals surface area contributed by atoms with E-state index in [-0.39, 0.29) is 31.5 Å². The average molecular weight is 494 g/mol. The normalized spacial score (nSPS) is 19.1. The molecular formula is C21H24ClN5O7. The van der Waals surface area contributed by atoms with Crippen molar-refractivity contribution in [1.82, 2.24) is 25.8 Å². The van der Waals surface area contributed by atoms with Gasteiger partial charge in [-0.3, -0.25) is 24.6 Å². The standard InChI is InChI=1S/C21H24ClN5O7/c1-12-4-5-13(22)9-15(12)19(32)24-25-8-6-17(29)26-7-2-3-16(27(26)21(25)34)20(33)23-14(11-28)10-18(30)31/h4-5,9,11,14,16H,2-3,6-8,10H2,1H3,(H,23,33)(H,24,32)(H,30,31)/t14-,16-/m0/s1. The highest BCUT2D eigenvalue weighted by molar-refractivity contribution is 6.31. The SMILES string of the molecule is Cc1ccc(Cl)cc1C(=O)NN1CCC(=O)N2CCC[C@@H](C(=O)N[C@H](C=O)CC(=O)O)N2C1=O. The van der Waals surface area contributed by atoms with Gasteiger partial charge in [0, 0.05) is 23.6 Å². The van der Waals surface area contributed by atoms with Crippen molar-refractivity contribution in [3.63, 3.8) is 0 Å². The maximum Gasteiger partial charge on any atom is 0.358 e. The number of carbonyl (C=O) groups is 6. The summed E-state index contributed by atoms with van der Waals surface area (Å²) in [6, 6.07) is 1.45. The van der Waals surface area contributed by atoms with Crippen molar-refractivity contribution in [2.75, 3.05) is 13.1 Å². The highest BCUT2D eigenvalue weighted by Crippen LogP contribution is 2.24. The highest BCUT2D eigenvalue weighted by Gasteiger charge is 2.44. The number of aliphatic carboxylic acids is 1. The molecule has 0 unspecified atom stereocenters. The van der Waals surface area contributed by atoms with Crippen LogP contribution in [0.3, 0.4) is 0 Å². The van der Waals surface area contributed by atoms with Crippen molar-refractivity contribution in [2.24, 2.45) is 0 Å². The lowest BCUT2D eigenvalue weighted by atomic mass is 10.1. The van der Waals surface area contributed by atoms with Crippen LogP contribution in [-0.2, 0) is 19.2 Å². The Hall–Kier alpha value is -3.67. The van der Waals surface area contributed by atoms with E-state index in [1.165, 1.54) is 6.07 Å². The van der Waals surface area contributed by atoms with Crippen molar-refractivity contribution >= 4 is 47.6 Å². The molecule has 34 heavy (non-hydrogen) atoms. The Morgan fingerprint density at radius 1 is 1.26 bits per heavy atom. The number of hydrogen-bond acceptors (Lipinski definition) is 6. The molecule has 0 aliphatic carbocycles. The highest BCUT2D eigenvalue weighted by atomic mass is 35.5. The third-order valence-corrected chi connectivity index (χ3v) is 5.77. The predicted octanol–water partition coefficient (Wildman–Crippen LogP) is 0.485. The number of aryl methyl sites for hydroxylation is 1. The van der Waals surface area contributed by atoms with Crippen LogP contribution in [-0.4, -0.2) is 81.3 Å². The molecule has 1 aromatic carbocycles. The summed E-state index contributed by atoms with van der Waals surface area (Å²) in [5, 5.41) is 14.6. The van der Waals surface area contributed by atoms with E-state index in [2.05, 4.69) is 10.7 Å². The second-order valence-electron chi connectivity index (χ2n) is 7.95. The molecule has 12 nitrogen and oxygen atoms in total. The van der Waals surface area contributed by atoms with Gasteiger partial charge in [-0.25, -0.2) is 19.8 Å². The molecule has 2 aliphatic heterocycles. The summed E-state index contributed by atoms with van der Waals surface area (Å²) in [5.74, 6) is -3.09. The average Bonchev–Trinajstić information content (AvgIpc) is 2.91. The molecule has 0 saturated carbocycles. The summed E-state index contributed by atoms with van der Waals surface area (Å²) in [4.78, 5) is 73.9. The number of aldehydes is 1. The van der Waals surface area contributed by atoms with E-state index in [1.54, 1.807) is 19.1 Å². The van der Waals surface area contributed by atoms with E-state index in [0.717, 1.165) is 15.0 Å². The van der Waals surface area contributed by atoms with Crippen LogP contribution >= 0.6 is 11.6 Å². The van der Waals surface area contributed by atoms with Gasteiger partial charge in [-0.2, -0.15) is 0 Å². The zero-order valence-corrected chi connectivity index (χ0v) is 19.1. The fourth-order valence-corrected chi connectivity index (χ4v) is 4.01. The number of carboxylic acids is 1. The largest absolute Gasteiger partial charge is 0.481 e. The summed E-state index contributed by atoms with van der Waals surface area (Å²) < 4.78 is 0. The van der Waals surface area contributed by atoms with Crippen molar-refractivity contribution in [2.45, 2.75) is 44.7 Å². The van der Waals surface area contributed by atoms with E-state index in [0.29, 0.717) is 23.3 Å². The van der Waals surface area contributed by atoms with E-state index in [1.807, 2.05) is 0 Å². The molecule has 13 heteroatoms. The number of halogens is 1. The molecular weight excluding hydrogens is 470 g/mol. The number of nitrogens with zero attached hydrogens (tertiary/aromatic N) is 3. The van der Waals surface area contributed by atoms with E-state index >= 15 is 0 Å². The van der Waals surface area contributed by atoms with Crippen molar-refractivity contribution in [1.29, 1.82) is 0 Å². The Labute approximate surface area is 199 Å². The zero-order chi connectivity index (χ0) is 25.0. The Morgan fingerprint density at radius 2 is 2.00 bits per heavy atom. The lowest BCUT2D eigenvalue weighted by Gasteiger charge is -2.42. The van der Waals surface area contributed by atoms with Gasteiger partial charge in [0.15, 0.2) is 0 Å². The van der Waals surface area contributed by atoms with Gasteiger partial charge in [0.2, 0.25) is 11.8 Å². The van der Waals surface area contributed by atoms with Crippen molar-refractivity contribution < 1.29 is 33.9 Å². The lowest BCUT2D eigenvalue weighted by molar-refractivity contribution is -0.155. The van der Waals surface area contributed by atoms with E-state index in [9.17, 15) is 28.8 Å². The molecule has 3 rings (SSSR count). The summed E-state index contributed by atoms with van der Waals surface area (Å²) in [6.07, 6.45) is 0.157. The number of hydrazine groups is 2. The van der Waals surface area contributed by atoms with Crippen molar-refractivity contribution in [3.05, 3.63) is 34.3 Å². The number of benzene rings is 1. The number of amides is 5. The van der Waals surface area contributed by atoms with Gasteiger partial charge in [0.1, 0.15) is 12.3 Å². The number of hydrogen-bond donors (Lipinski definition) is 3. The maximum atomic E-state index is 13.4. The minimum absolute atomic E-state index is 0.0959. The minimum atomic E-state index is -1.29. The minimum Gasteiger partial charge on any atom is -0.481 e. The summed E-state index contributed by atoms with van der Waals surface area (Å²) >= 11 is 5.98. The van der Waals surface area contributed by atoms with Crippen LogP contribution in [0.15, 0.2) is 18.2 Å². The first-order valence-corrected chi connectivity index (χ1v) is 11.0. The van der Waals surface area contributed by atoms with Gasteiger partial charge >= 0.3 is 12.0 Å². The summed E-state index contributed by atoms with van der Waals surface area (Å²) in [6.45, 7) is 1.77. The van der Waals surface area contributed by atoms with Crippen LogP contribution in [0.25, 0.3) is 0 Å². The first-order chi connectivity index (χ1) is 16.1. The van der Waals surface area contributed by atoms with Crippen LogP contribution in [0.5, 0.6) is 0 Å². The Bertz CT molecular complexity index is 1030. The molecule has 2 fully saturated rings. The molecule has 2 atom stereocenters. The number of nitrogens with one attached hydrogen (secondary N) is 2. The van der Waals surface area contributed by atoms with Crippen LogP contribution in [0.4, 0.5) is 4.79 Å². The van der Waals surface area contributed by atoms with Gasteiger partial charge < -0.3 is 15.2 Å². The second-order valence-corrected chi connectivity index (χ2v) is 8.39. The van der Waals surface area contributed by atoms with Gasteiger partial charge in [0.05, 0.1) is 19.0 Å². The lowest BCUT2D eigenvalue weighted by Crippen LogP contribution is -2.64. The number of carboxylic acid groups (broad SMARTS) is 1. The van der Waals surface area contributed by atoms with Gasteiger partial charge in [-0.05, 0) is 37.5 Å². The Morgan fingerprint density at radius 3 is 2.68 bits per heavy atom. The molecule has 2 heterocycles. The molecule has 2 aliphatic rings. The van der Waals surface area contributed by atoms with Gasteiger partial charge in [0.25, 0.3) is 5.91 Å². The molecule has 2 saturated heterocycles. The van der Waals surface area contributed by atoms with Gasteiger partial charge in [-0.1, -0.05) is 17.7 Å². The molecule has 3 N–H and O–H groups in total. The quantitative estimate of drug-likeness (QED) is 0.466. The Kier molecular flexibility index (Phi) is 7.72. The monoisotopic (exact) mass is 493 g/mol. The van der Waals surface area contributed by atoms with Crippen molar-refractivity contribution in [3.8, 4) is 0 Å². The first-order valence-electron chi connectivity index (χ1n) is 10.6. The number of urea groups is 1. The van der Waals surface area contributed by atoms with Crippen LogP contribution in [0.1, 0.15) is 41.6 Å². The molecule has 0 spiro atoms. The fourth-order valence-electron chi connectivity index (χ4n) is 3.84. The molecule has 0 aromatic heterocycles. The zero-order valence-electron chi connectivity index (χ0n) is 18.3. The summed E-state index contributed by atoms with van der Waals surface area (Å²) in [7, 11) is 0. The van der Waals surface area contributed by atoms with E-state index in [4.69, 9.17) is 16.7 Å². The Balaban J connectivity index is 1.83. The number of carbonyl (C=O) groups excluding carboxylic acids is 5. The molecule has 0 bridgehead atoms. The first kappa shape index (κ1) is 25.0. The topological polar surface area (TPSA) is 156 Å². The summed E-state index contributed by atoms with van der Waals surface area (Å²) in [5.41, 5.74) is 3.34. The maximum absolute atomic E-state index is 13.4. The van der Waals surface area contributed by atoms with Crippen LogP contribution in [0.2, 0.25) is 5.02 Å². The molecule has 5 amide bonds. The third kappa shape index (κ3) is 5.45. The smallest absolute Gasteiger partial charge is 0.358 e. The van der Waals surface area contributed by atoms with Crippen LogP contribution < -0.4 is 10.7 Å². The number of fused-ring (bicyclic) bond motifs is 1. The molecule has 182 valence electrons. The third-order valence-electron chi connectivity index (χ3n) is 5.54. The van der Waals surface area contributed by atoms with Gasteiger partial charge in [-0.15, -0.1) is 0 Å². The van der Waals surface area contributed by atoms with Crippen LogP contribution in [0, 0.1) is 6.92 Å². The molecule has 0 radical (unpaired) electrons.